The Labute approximate surface area is 154 Å². The van der Waals surface area contributed by atoms with E-state index in [-0.39, 0.29) is 17.4 Å². The minimum Gasteiger partial charge on any atom is -0.504 e. The van der Waals surface area contributed by atoms with Gasteiger partial charge in [0, 0.05) is 4.47 Å². The van der Waals surface area contributed by atoms with E-state index in [0.717, 1.165) is 5.56 Å². The van der Waals surface area contributed by atoms with Crippen LogP contribution in [0.5, 0.6) is 11.5 Å². The summed E-state index contributed by atoms with van der Waals surface area (Å²) in [6.45, 7) is 1.84. The van der Waals surface area contributed by atoms with E-state index in [9.17, 15) is 15.2 Å². The van der Waals surface area contributed by atoms with E-state index >= 15 is 0 Å². The maximum atomic E-state index is 12.4. The van der Waals surface area contributed by atoms with Crippen molar-refractivity contribution in [3.63, 3.8) is 0 Å². The van der Waals surface area contributed by atoms with E-state index < -0.39 is 5.91 Å². The summed E-state index contributed by atoms with van der Waals surface area (Å²) in [7, 11) is 1.44. The SMILES string of the molecule is COc1cc(Br)c(/C=C(\C#N)C(=O)N[C@@H](C)c2ccccc2)cc1O. The minimum atomic E-state index is -0.485. The van der Waals surface area contributed by atoms with Gasteiger partial charge in [0.05, 0.1) is 13.2 Å². The van der Waals surface area contributed by atoms with E-state index in [4.69, 9.17) is 4.74 Å². The molecule has 2 rings (SSSR count). The lowest BCUT2D eigenvalue weighted by atomic mass is 10.1. The Morgan fingerprint density at radius 2 is 2.04 bits per heavy atom. The Morgan fingerprint density at radius 1 is 1.36 bits per heavy atom. The second kappa shape index (κ2) is 8.36. The van der Waals surface area contributed by atoms with Gasteiger partial charge < -0.3 is 15.2 Å². The summed E-state index contributed by atoms with van der Waals surface area (Å²) in [5.41, 5.74) is 1.38. The van der Waals surface area contributed by atoms with Gasteiger partial charge in [0.25, 0.3) is 5.91 Å². The topological polar surface area (TPSA) is 82.3 Å². The number of halogens is 1. The van der Waals surface area contributed by atoms with Crippen molar-refractivity contribution < 1.29 is 14.6 Å². The molecule has 1 amide bonds. The van der Waals surface area contributed by atoms with Crippen LogP contribution in [0.1, 0.15) is 24.1 Å². The standard InChI is InChI=1S/C19H17BrN2O3/c1-12(13-6-4-3-5-7-13)22-19(24)15(11-21)8-14-9-17(23)18(25-2)10-16(14)20/h3-10,12,23H,1-2H3,(H,22,24)/b15-8+/t12-/m0/s1. The normalized spacial score (nSPS) is 12.2. The lowest BCUT2D eigenvalue weighted by Crippen LogP contribution is -2.27. The fourth-order valence-electron chi connectivity index (χ4n) is 2.24. The summed E-state index contributed by atoms with van der Waals surface area (Å²) < 4.78 is 5.61. The number of nitrogens with one attached hydrogen (secondary N) is 1. The zero-order valence-corrected chi connectivity index (χ0v) is 15.4. The van der Waals surface area contributed by atoms with Gasteiger partial charge in [0.1, 0.15) is 11.6 Å². The number of ether oxygens (including phenoxy) is 1. The Kier molecular flexibility index (Phi) is 6.20. The second-order valence-electron chi connectivity index (χ2n) is 5.32. The maximum absolute atomic E-state index is 12.4. The molecule has 0 fully saturated rings. The van der Waals surface area contributed by atoms with Crippen LogP contribution in [0.4, 0.5) is 0 Å². The molecule has 1 atom stereocenters. The van der Waals surface area contributed by atoms with E-state index in [0.29, 0.717) is 15.8 Å². The summed E-state index contributed by atoms with van der Waals surface area (Å²) in [4.78, 5) is 12.4. The van der Waals surface area contributed by atoms with Crippen molar-refractivity contribution in [1.82, 2.24) is 5.32 Å². The molecule has 0 aliphatic rings. The summed E-state index contributed by atoms with van der Waals surface area (Å²) in [5.74, 6) is -0.266. The molecule has 2 aromatic rings. The van der Waals surface area contributed by atoms with Gasteiger partial charge in [-0.3, -0.25) is 4.79 Å². The van der Waals surface area contributed by atoms with Gasteiger partial charge in [-0.1, -0.05) is 46.3 Å². The van der Waals surface area contributed by atoms with Crippen LogP contribution >= 0.6 is 15.9 Å². The van der Waals surface area contributed by atoms with Crippen LogP contribution in [0.25, 0.3) is 6.08 Å². The van der Waals surface area contributed by atoms with E-state index in [1.807, 2.05) is 43.3 Å². The number of hydrogen-bond acceptors (Lipinski definition) is 4. The fraction of sp³-hybridized carbons (Fsp3) is 0.158. The summed E-state index contributed by atoms with van der Waals surface area (Å²) >= 11 is 3.34. The van der Waals surface area contributed by atoms with Gasteiger partial charge >= 0.3 is 0 Å². The highest BCUT2D eigenvalue weighted by atomic mass is 79.9. The third kappa shape index (κ3) is 4.61. The van der Waals surface area contributed by atoms with Gasteiger partial charge in [0.15, 0.2) is 11.5 Å². The van der Waals surface area contributed by atoms with E-state index in [2.05, 4.69) is 21.2 Å². The number of benzene rings is 2. The fourth-order valence-corrected chi connectivity index (χ4v) is 2.67. The van der Waals surface area contributed by atoms with Crippen LogP contribution < -0.4 is 10.1 Å². The first-order chi connectivity index (χ1) is 12.0. The molecule has 0 aliphatic carbocycles. The number of carbonyl (C=O) groups excluding carboxylic acids is 1. The number of methoxy groups -OCH3 is 1. The van der Waals surface area contributed by atoms with Crippen LogP contribution in [-0.4, -0.2) is 18.1 Å². The number of amides is 1. The molecule has 2 N–H and O–H groups in total. The molecular formula is C19H17BrN2O3. The molecule has 25 heavy (non-hydrogen) atoms. The number of nitriles is 1. The molecule has 0 radical (unpaired) electrons. The van der Waals surface area contributed by atoms with E-state index in [1.54, 1.807) is 6.07 Å². The molecule has 0 bridgehead atoms. The summed E-state index contributed by atoms with van der Waals surface area (Å²) in [5, 5.41) is 22.0. The molecule has 0 unspecified atom stereocenters. The molecule has 0 spiro atoms. The first-order valence-electron chi connectivity index (χ1n) is 7.50. The highest BCUT2D eigenvalue weighted by Gasteiger charge is 2.15. The van der Waals surface area contributed by atoms with Crippen LogP contribution in [0.3, 0.4) is 0 Å². The minimum absolute atomic E-state index is 0.0620. The average molecular weight is 401 g/mol. The lowest BCUT2D eigenvalue weighted by molar-refractivity contribution is -0.117. The van der Waals surface area contributed by atoms with Crippen molar-refractivity contribution in [2.75, 3.05) is 7.11 Å². The molecule has 0 aromatic heterocycles. The zero-order chi connectivity index (χ0) is 18.4. The number of hydrogen-bond donors (Lipinski definition) is 2. The quantitative estimate of drug-likeness (QED) is 0.587. The molecule has 0 aliphatic heterocycles. The van der Waals surface area contributed by atoms with Crippen LogP contribution in [-0.2, 0) is 4.79 Å². The predicted octanol–water partition coefficient (Wildman–Crippen LogP) is 3.95. The molecule has 2 aromatic carbocycles. The third-order valence-electron chi connectivity index (χ3n) is 3.61. The Balaban J connectivity index is 2.24. The largest absolute Gasteiger partial charge is 0.504 e. The van der Waals surface area contributed by atoms with Crippen LogP contribution in [0.2, 0.25) is 0 Å². The molecule has 128 valence electrons. The number of phenols is 1. The smallest absolute Gasteiger partial charge is 0.262 e. The monoisotopic (exact) mass is 400 g/mol. The Hall–Kier alpha value is -2.78. The Bertz CT molecular complexity index is 842. The van der Waals surface area contributed by atoms with Crippen molar-refractivity contribution >= 4 is 27.9 Å². The summed E-state index contributed by atoms with van der Waals surface area (Å²) in [6.07, 6.45) is 1.41. The number of aromatic hydroxyl groups is 1. The second-order valence-corrected chi connectivity index (χ2v) is 6.18. The van der Waals surface area contributed by atoms with Gasteiger partial charge in [-0.25, -0.2) is 0 Å². The first kappa shape index (κ1) is 18.6. The molecule has 5 nitrogen and oxygen atoms in total. The summed E-state index contributed by atoms with van der Waals surface area (Å²) in [6, 6.07) is 14.1. The highest BCUT2D eigenvalue weighted by Crippen LogP contribution is 2.33. The Morgan fingerprint density at radius 3 is 2.64 bits per heavy atom. The van der Waals surface area contributed by atoms with Gasteiger partial charge in [-0.05, 0) is 36.3 Å². The number of phenolic OH excluding ortho intramolecular Hbond substituents is 1. The number of carbonyl (C=O) groups is 1. The predicted molar refractivity (Wildman–Crippen MR) is 98.9 cm³/mol. The van der Waals surface area contributed by atoms with E-state index in [1.165, 1.54) is 19.3 Å². The molecule has 6 heteroatoms. The van der Waals surface area contributed by atoms with Crippen molar-refractivity contribution in [2.24, 2.45) is 0 Å². The molecule has 0 saturated heterocycles. The average Bonchev–Trinajstić information content (AvgIpc) is 2.62. The van der Waals surface area contributed by atoms with Gasteiger partial charge in [-0.15, -0.1) is 0 Å². The zero-order valence-electron chi connectivity index (χ0n) is 13.8. The number of rotatable bonds is 5. The van der Waals surface area contributed by atoms with Crippen LogP contribution in [0, 0.1) is 11.3 Å². The molecule has 0 heterocycles. The first-order valence-corrected chi connectivity index (χ1v) is 8.29. The highest BCUT2D eigenvalue weighted by molar-refractivity contribution is 9.10. The van der Waals surface area contributed by atoms with Crippen LogP contribution in [0.15, 0.2) is 52.5 Å². The molecule has 0 saturated carbocycles. The molecular weight excluding hydrogens is 384 g/mol. The van der Waals surface area contributed by atoms with Crippen molar-refractivity contribution in [1.29, 1.82) is 5.26 Å². The number of nitrogens with zero attached hydrogens (tertiary/aromatic N) is 1. The van der Waals surface area contributed by atoms with Crippen molar-refractivity contribution in [3.05, 3.63) is 63.6 Å². The van der Waals surface area contributed by atoms with Gasteiger partial charge in [-0.2, -0.15) is 5.26 Å². The van der Waals surface area contributed by atoms with Crippen molar-refractivity contribution in [3.8, 4) is 17.6 Å². The maximum Gasteiger partial charge on any atom is 0.262 e. The van der Waals surface area contributed by atoms with Crippen molar-refractivity contribution in [2.45, 2.75) is 13.0 Å². The lowest BCUT2D eigenvalue weighted by Gasteiger charge is -2.14. The van der Waals surface area contributed by atoms with Gasteiger partial charge in [0.2, 0.25) is 0 Å². The third-order valence-corrected chi connectivity index (χ3v) is 4.30.